The van der Waals surface area contributed by atoms with Crippen LogP contribution in [0.2, 0.25) is 0 Å². The highest BCUT2D eigenvalue weighted by molar-refractivity contribution is 7.75. The molecule has 0 amide bonds. The third-order valence-electron chi connectivity index (χ3n) is 4.66. The lowest BCUT2D eigenvalue weighted by Crippen LogP contribution is -3.00. The fourth-order valence-electron chi connectivity index (χ4n) is 3.25. The van der Waals surface area contributed by atoms with Gasteiger partial charge in [0, 0.05) is 18.4 Å². The summed E-state index contributed by atoms with van der Waals surface area (Å²) in [6.07, 6.45) is 4.04. The first kappa shape index (κ1) is 26.8. The Morgan fingerprint density at radius 3 is 1.97 bits per heavy atom. The Balaban J connectivity index is 0.00000784. The standard InChI is InChI=1S/C21H28N4O2P.ClH/c1-25(2)16-20(26)18-7-8-21(27-3)19(15-18)17-28(12-4-9-22,13-5-10-23)14-6-11-24;/h7-8,15H,4-6,12-14,16-17H2,1-3H3;1H/q+1;/p-1. The molecule has 0 N–H and O–H groups in total. The van der Waals surface area contributed by atoms with Gasteiger partial charge in [-0.3, -0.25) is 4.79 Å². The Kier molecular flexibility index (Phi) is 12.9. The topological polar surface area (TPSA) is 101 Å². The van der Waals surface area contributed by atoms with Crippen molar-refractivity contribution < 1.29 is 21.9 Å². The van der Waals surface area contributed by atoms with Crippen LogP contribution in [0.3, 0.4) is 0 Å². The van der Waals surface area contributed by atoms with E-state index in [4.69, 9.17) is 20.5 Å². The molecule has 1 aromatic rings. The quantitative estimate of drug-likeness (QED) is 0.354. The molecule has 0 bridgehead atoms. The van der Waals surface area contributed by atoms with Crippen molar-refractivity contribution in [2.24, 2.45) is 0 Å². The Labute approximate surface area is 180 Å². The van der Waals surface area contributed by atoms with Gasteiger partial charge in [-0.15, -0.1) is 0 Å². The third-order valence-corrected chi connectivity index (χ3v) is 9.19. The number of carbonyl (C=O) groups is 1. The van der Waals surface area contributed by atoms with Crippen LogP contribution >= 0.6 is 7.26 Å². The lowest BCUT2D eigenvalue weighted by Gasteiger charge is -2.26. The molecule has 0 saturated heterocycles. The number of nitriles is 3. The van der Waals surface area contributed by atoms with Gasteiger partial charge in [0.1, 0.15) is 5.75 Å². The Morgan fingerprint density at radius 1 is 1.03 bits per heavy atom. The average molecular weight is 435 g/mol. The predicted molar refractivity (Wildman–Crippen MR) is 112 cm³/mol. The number of rotatable bonds is 12. The maximum Gasteiger partial charge on any atom is 0.176 e. The number of Topliss-reactive ketones (excluding diaryl/α,β-unsaturated/α-hetero) is 1. The monoisotopic (exact) mass is 434 g/mol. The fraction of sp³-hybridized carbons (Fsp3) is 0.524. The summed E-state index contributed by atoms with van der Waals surface area (Å²) in [6.45, 7) is 0.323. The number of nitrogens with zero attached hydrogens (tertiary/aromatic N) is 4. The van der Waals surface area contributed by atoms with Gasteiger partial charge in [0.15, 0.2) is 5.78 Å². The van der Waals surface area contributed by atoms with E-state index in [0.29, 0.717) is 61.8 Å². The van der Waals surface area contributed by atoms with Gasteiger partial charge in [-0.25, -0.2) is 0 Å². The molecule has 0 spiro atoms. The van der Waals surface area contributed by atoms with Crippen LogP contribution in [0.5, 0.6) is 5.75 Å². The first-order valence-corrected chi connectivity index (χ1v) is 11.7. The van der Waals surface area contributed by atoms with Gasteiger partial charge in [-0.05, 0) is 32.3 Å². The molecule has 156 valence electrons. The van der Waals surface area contributed by atoms with Crippen LogP contribution in [0.25, 0.3) is 0 Å². The second-order valence-electron chi connectivity index (χ2n) is 7.08. The van der Waals surface area contributed by atoms with Crippen LogP contribution in [-0.2, 0) is 6.16 Å². The first-order chi connectivity index (χ1) is 13.4. The van der Waals surface area contributed by atoms with Crippen LogP contribution in [0.1, 0.15) is 35.2 Å². The lowest BCUT2D eigenvalue weighted by molar-refractivity contribution is -0.0000153. The van der Waals surface area contributed by atoms with Crippen molar-refractivity contribution in [1.82, 2.24) is 4.90 Å². The van der Waals surface area contributed by atoms with Crippen LogP contribution in [0.4, 0.5) is 0 Å². The maximum absolute atomic E-state index is 12.5. The molecule has 1 aromatic carbocycles. The van der Waals surface area contributed by atoms with Gasteiger partial charge in [0.25, 0.3) is 0 Å². The predicted octanol–water partition coefficient (Wildman–Crippen LogP) is 0.702. The fourth-order valence-corrected chi connectivity index (χ4v) is 7.09. The van der Waals surface area contributed by atoms with E-state index >= 15 is 0 Å². The molecule has 0 aromatic heterocycles. The minimum Gasteiger partial charge on any atom is -1.00 e. The number of hydrogen-bond donors (Lipinski definition) is 0. The van der Waals surface area contributed by atoms with Gasteiger partial charge in [-0.2, -0.15) is 15.8 Å². The molecule has 0 unspecified atom stereocenters. The molecular weight excluding hydrogens is 407 g/mol. The van der Waals surface area contributed by atoms with E-state index in [9.17, 15) is 4.79 Å². The number of methoxy groups -OCH3 is 1. The summed E-state index contributed by atoms with van der Waals surface area (Å²) in [4.78, 5) is 14.3. The second kappa shape index (κ2) is 13.9. The zero-order chi connectivity index (χ0) is 21.0. The highest BCUT2D eigenvalue weighted by Crippen LogP contribution is 2.63. The van der Waals surface area contributed by atoms with Crippen molar-refractivity contribution in [3.8, 4) is 24.0 Å². The maximum atomic E-state index is 12.5. The Bertz CT molecular complexity index is 748. The van der Waals surface area contributed by atoms with E-state index in [-0.39, 0.29) is 18.2 Å². The van der Waals surface area contributed by atoms with E-state index in [1.54, 1.807) is 13.2 Å². The summed E-state index contributed by atoms with van der Waals surface area (Å²) < 4.78 is 5.52. The number of likely N-dealkylation sites (N-methyl/N-ethyl adjacent to an activating group) is 1. The Hall–Kier alpha value is -2.16. The number of hydrogen-bond acceptors (Lipinski definition) is 6. The summed E-state index contributed by atoms with van der Waals surface area (Å²) in [6, 6.07) is 12.1. The van der Waals surface area contributed by atoms with Crippen LogP contribution in [0, 0.1) is 34.0 Å². The van der Waals surface area contributed by atoms with Gasteiger partial charge >= 0.3 is 0 Å². The number of carbonyl (C=O) groups excluding carboxylic acids is 1. The van der Waals surface area contributed by atoms with Gasteiger partial charge in [0.2, 0.25) is 0 Å². The molecule has 29 heavy (non-hydrogen) atoms. The lowest BCUT2D eigenvalue weighted by atomic mass is 10.1. The highest BCUT2D eigenvalue weighted by Gasteiger charge is 2.37. The molecule has 0 aliphatic heterocycles. The van der Waals surface area contributed by atoms with Crippen LogP contribution in [0.15, 0.2) is 18.2 Å². The van der Waals surface area contributed by atoms with Gasteiger partial charge in [-0.1, -0.05) is 0 Å². The van der Waals surface area contributed by atoms with E-state index in [0.717, 1.165) is 5.56 Å². The van der Waals surface area contributed by atoms with E-state index < -0.39 is 7.26 Å². The second-order valence-corrected chi connectivity index (χ2v) is 11.4. The normalized spacial score (nSPS) is 10.4. The molecular formula is C21H28ClN4O2P. The third kappa shape index (κ3) is 8.81. The molecule has 8 heteroatoms. The molecule has 0 saturated carbocycles. The summed E-state index contributed by atoms with van der Waals surface area (Å²) in [5.41, 5.74) is 1.55. The van der Waals surface area contributed by atoms with E-state index in [1.807, 2.05) is 31.1 Å². The minimum atomic E-state index is -1.75. The minimum absolute atomic E-state index is 0. The van der Waals surface area contributed by atoms with Crippen molar-refractivity contribution in [3.05, 3.63) is 29.3 Å². The van der Waals surface area contributed by atoms with Crippen LogP contribution < -0.4 is 17.1 Å². The van der Waals surface area contributed by atoms with Gasteiger partial charge in [0.05, 0.1) is 75.8 Å². The molecule has 0 heterocycles. The summed E-state index contributed by atoms with van der Waals surface area (Å²) in [5.74, 6) is 0.737. The smallest absolute Gasteiger partial charge is 0.176 e. The molecule has 0 aliphatic carbocycles. The molecule has 1 rings (SSSR count). The molecule has 0 aliphatic rings. The van der Waals surface area contributed by atoms with Crippen molar-refractivity contribution in [3.63, 3.8) is 0 Å². The van der Waals surface area contributed by atoms with Crippen LogP contribution in [-0.4, -0.2) is 56.9 Å². The molecule has 0 atom stereocenters. The number of halogens is 1. The molecule has 6 nitrogen and oxygen atoms in total. The largest absolute Gasteiger partial charge is 1.00 e. The van der Waals surface area contributed by atoms with Crippen molar-refractivity contribution >= 4 is 13.0 Å². The van der Waals surface area contributed by atoms with Crippen molar-refractivity contribution in [2.75, 3.05) is 46.2 Å². The zero-order valence-electron chi connectivity index (χ0n) is 17.3. The number of benzene rings is 1. The molecule has 0 fully saturated rings. The summed E-state index contributed by atoms with van der Waals surface area (Å²) in [5, 5.41) is 27.3. The van der Waals surface area contributed by atoms with Crippen molar-refractivity contribution in [1.29, 1.82) is 15.8 Å². The SMILES string of the molecule is COc1ccc(C(=O)CN(C)C)cc1C[P+](CCC#N)(CCC#N)CCC#N.[Cl-]. The van der Waals surface area contributed by atoms with E-state index in [2.05, 4.69) is 18.2 Å². The number of ether oxygens (including phenoxy) is 1. The summed E-state index contributed by atoms with van der Waals surface area (Å²) in [7, 11) is 3.55. The Morgan fingerprint density at radius 2 is 1.55 bits per heavy atom. The zero-order valence-corrected chi connectivity index (χ0v) is 19.0. The number of ketones is 1. The first-order valence-electron chi connectivity index (χ1n) is 9.22. The van der Waals surface area contributed by atoms with Crippen molar-refractivity contribution in [2.45, 2.75) is 25.4 Å². The van der Waals surface area contributed by atoms with Gasteiger partial charge < -0.3 is 22.0 Å². The van der Waals surface area contributed by atoms with E-state index in [1.165, 1.54) is 0 Å². The highest BCUT2D eigenvalue weighted by atomic mass is 35.5. The molecule has 0 radical (unpaired) electrons. The summed E-state index contributed by atoms with van der Waals surface area (Å²) >= 11 is 0. The average Bonchev–Trinajstić information content (AvgIpc) is 2.68.